The monoisotopic (exact) mass is 242 g/mol. The Hall–Kier alpha value is -1.31. The third-order valence-corrected chi connectivity index (χ3v) is 4.45. The third-order valence-electron chi connectivity index (χ3n) is 4.45. The van der Waals surface area contributed by atoms with Crippen molar-refractivity contribution < 1.29 is 0 Å². The lowest BCUT2D eigenvalue weighted by molar-refractivity contribution is 0.235. The molecule has 2 aromatic rings. The van der Waals surface area contributed by atoms with Crippen molar-refractivity contribution in [3.8, 4) is 0 Å². The standard InChI is InChI=1S/C16H22N2/c1-2-13-6-5-7-14(10-13)12-18-16-9-4-3-8-15(16)11-17-18/h3-4,8-9,11,13-14H,2,5-7,10,12H2,1H3/t13-,14+/m1/s1. The average Bonchev–Trinajstić information content (AvgIpc) is 2.83. The lowest BCUT2D eigenvalue weighted by Gasteiger charge is -2.28. The van der Waals surface area contributed by atoms with Crippen molar-refractivity contribution in [2.24, 2.45) is 11.8 Å². The van der Waals surface area contributed by atoms with E-state index in [9.17, 15) is 0 Å². The Morgan fingerprint density at radius 2 is 2.06 bits per heavy atom. The van der Waals surface area contributed by atoms with Gasteiger partial charge in [-0.25, -0.2) is 0 Å². The maximum atomic E-state index is 4.56. The Labute approximate surface area is 109 Å². The highest BCUT2D eigenvalue weighted by Crippen LogP contribution is 2.32. The van der Waals surface area contributed by atoms with E-state index in [1.165, 1.54) is 43.0 Å². The van der Waals surface area contributed by atoms with Gasteiger partial charge in [0.05, 0.1) is 11.7 Å². The molecule has 0 radical (unpaired) electrons. The molecule has 3 rings (SSSR count). The minimum atomic E-state index is 0.826. The molecule has 0 spiro atoms. The van der Waals surface area contributed by atoms with E-state index in [0.717, 1.165) is 18.4 Å². The van der Waals surface area contributed by atoms with E-state index in [4.69, 9.17) is 0 Å². The summed E-state index contributed by atoms with van der Waals surface area (Å²) >= 11 is 0. The van der Waals surface area contributed by atoms with E-state index >= 15 is 0 Å². The first-order valence-electron chi connectivity index (χ1n) is 7.27. The van der Waals surface area contributed by atoms with E-state index in [-0.39, 0.29) is 0 Å². The summed E-state index contributed by atoms with van der Waals surface area (Å²) in [5.41, 5.74) is 1.29. The maximum Gasteiger partial charge on any atom is 0.0682 e. The van der Waals surface area contributed by atoms with Crippen molar-refractivity contribution in [2.75, 3.05) is 0 Å². The van der Waals surface area contributed by atoms with E-state index in [1.807, 2.05) is 6.20 Å². The first kappa shape index (κ1) is 11.8. The number of para-hydroxylation sites is 1. The molecule has 96 valence electrons. The molecule has 1 aliphatic carbocycles. The number of benzene rings is 1. The summed E-state index contributed by atoms with van der Waals surface area (Å²) in [5, 5.41) is 5.82. The van der Waals surface area contributed by atoms with Gasteiger partial charge in [0.1, 0.15) is 0 Å². The van der Waals surface area contributed by atoms with Gasteiger partial charge in [-0.3, -0.25) is 4.68 Å². The van der Waals surface area contributed by atoms with Gasteiger partial charge in [0, 0.05) is 11.9 Å². The van der Waals surface area contributed by atoms with Crippen LogP contribution in [0.5, 0.6) is 0 Å². The summed E-state index contributed by atoms with van der Waals surface area (Å²) in [6.45, 7) is 3.43. The summed E-state index contributed by atoms with van der Waals surface area (Å²) in [4.78, 5) is 0. The summed E-state index contributed by atoms with van der Waals surface area (Å²) in [5.74, 6) is 1.78. The molecule has 0 bridgehead atoms. The van der Waals surface area contributed by atoms with Crippen LogP contribution in [0.1, 0.15) is 39.0 Å². The van der Waals surface area contributed by atoms with Crippen LogP contribution >= 0.6 is 0 Å². The summed E-state index contributed by atoms with van der Waals surface area (Å²) in [7, 11) is 0. The number of hydrogen-bond acceptors (Lipinski definition) is 1. The van der Waals surface area contributed by atoms with Gasteiger partial charge in [-0.1, -0.05) is 44.4 Å². The zero-order valence-electron chi connectivity index (χ0n) is 11.2. The van der Waals surface area contributed by atoms with Crippen molar-refractivity contribution in [3.63, 3.8) is 0 Å². The highest BCUT2D eigenvalue weighted by molar-refractivity contribution is 5.78. The minimum absolute atomic E-state index is 0.826. The summed E-state index contributed by atoms with van der Waals surface area (Å²) in [6.07, 6.45) is 8.95. The fraction of sp³-hybridized carbons (Fsp3) is 0.562. The smallest absolute Gasteiger partial charge is 0.0682 e. The fourth-order valence-corrected chi connectivity index (χ4v) is 3.35. The van der Waals surface area contributed by atoms with Crippen LogP contribution in [-0.4, -0.2) is 9.78 Å². The van der Waals surface area contributed by atoms with Crippen LogP contribution in [0.15, 0.2) is 30.5 Å². The second-order valence-electron chi connectivity index (χ2n) is 5.69. The fourth-order valence-electron chi connectivity index (χ4n) is 3.35. The zero-order valence-corrected chi connectivity index (χ0v) is 11.2. The minimum Gasteiger partial charge on any atom is -0.265 e. The molecule has 0 unspecified atom stereocenters. The lowest BCUT2D eigenvalue weighted by atomic mass is 9.80. The highest BCUT2D eigenvalue weighted by Gasteiger charge is 2.21. The molecule has 1 aromatic heterocycles. The Kier molecular flexibility index (Phi) is 3.35. The molecular formula is C16H22N2. The first-order valence-corrected chi connectivity index (χ1v) is 7.27. The van der Waals surface area contributed by atoms with Crippen LogP contribution in [-0.2, 0) is 6.54 Å². The van der Waals surface area contributed by atoms with Gasteiger partial charge in [-0.2, -0.15) is 5.10 Å². The number of hydrogen-bond donors (Lipinski definition) is 0. The SMILES string of the molecule is CC[C@@H]1CCC[C@H](Cn2ncc3ccccc32)C1. The Balaban J connectivity index is 1.76. The molecular weight excluding hydrogens is 220 g/mol. The molecule has 1 saturated carbocycles. The molecule has 0 saturated heterocycles. The number of aromatic nitrogens is 2. The number of rotatable bonds is 3. The Bertz CT molecular complexity index is 515. The zero-order chi connectivity index (χ0) is 12.4. The van der Waals surface area contributed by atoms with Gasteiger partial charge in [0.25, 0.3) is 0 Å². The van der Waals surface area contributed by atoms with Crippen LogP contribution in [0.2, 0.25) is 0 Å². The Morgan fingerprint density at radius 1 is 1.22 bits per heavy atom. The molecule has 1 aromatic carbocycles. The number of nitrogens with zero attached hydrogens (tertiary/aromatic N) is 2. The molecule has 0 aliphatic heterocycles. The highest BCUT2D eigenvalue weighted by atomic mass is 15.3. The quantitative estimate of drug-likeness (QED) is 0.786. The molecule has 2 nitrogen and oxygen atoms in total. The van der Waals surface area contributed by atoms with Gasteiger partial charge >= 0.3 is 0 Å². The topological polar surface area (TPSA) is 17.8 Å². The van der Waals surface area contributed by atoms with Crippen LogP contribution in [0, 0.1) is 11.8 Å². The predicted octanol–water partition coefficient (Wildman–Crippen LogP) is 4.25. The van der Waals surface area contributed by atoms with Crippen molar-refractivity contribution in [1.82, 2.24) is 9.78 Å². The third kappa shape index (κ3) is 2.29. The maximum absolute atomic E-state index is 4.56. The van der Waals surface area contributed by atoms with E-state index < -0.39 is 0 Å². The van der Waals surface area contributed by atoms with Crippen molar-refractivity contribution >= 4 is 10.9 Å². The van der Waals surface area contributed by atoms with Gasteiger partial charge in [0.2, 0.25) is 0 Å². The van der Waals surface area contributed by atoms with Gasteiger partial charge in [-0.15, -0.1) is 0 Å². The van der Waals surface area contributed by atoms with Crippen LogP contribution < -0.4 is 0 Å². The molecule has 1 heterocycles. The van der Waals surface area contributed by atoms with Gasteiger partial charge in [0.15, 0.2) is 0 Å². The molecule has 1 fully saturated rings. The summed E-state index contributed by atoms with van der Waals surface area (Å²) in [6, 6.07) is 8.52. The molecule has 0 N–H and O–H groups in total. The largest absolute Gasteiger partial charge is 0.265 e. The van der Waals surface area contributed by atoms with Gasteiger partial charge < -0.3 is 0 Å². The van der Waals surface area contributed by atoms with Crippen LogP contribution in [0.4, 0.5) is 0 Å². The van der Waals surface area contributed by atoms with Crippen LogP contribution in [0.3, 0.4) is 0 Å². The second-order valence-corrected chi connectivity index (χ2v) is 5.69. The number of fused-ring (bicyclic) bond motifs is 1. The second kappa shape index (κ2) is 5.13. The van der Waals surface area contributed by atoms with Crippen molar-refractivity contribution in [2.45, 2.75) is 45.6 Å². The molecule has 2 heteroatoms. The van der Waals surface area contributed by atoms with E-state index in [2.05, 4.69) is 41.0 Å². The Morgan fingerprint density at radius 3 is 2.94 bits per heavy atom. The van der Waals surface area contributed by atoms with Crippen molar-refractivity contribution in [1.29, 1.82) is 0 Å². The summed E-state index contributed by atoms with van der Waals surface area (Å²) < 4.78 is 2.21. The molecule has 2 atom stereocenters. The molecule has 0 amide bonds. The normalized spacial score (nSPS) is 24.5. The first-order chi connectivity index (χ1) is 8.86. The van der Waals surface area contributed by atoms with Gasteiger partial charge in [-0.05, 0) is 30.7 Å². The lowest BCUT2D eigenvalue weighted by Crippen LogP contribution is -2.20. The van der Waals surface area contributed by atoms with E-state index in [1.54, 1.807) is 0 Å². The average molecular weight is 242 g/mol. The predicted molar refractivity (Wildman–Crippen MR) is 75.5 cm³/mol. The van der Waals surface area contributed by atoms with E-state index in [0.29, 0.717) is 0 Å². The van der Waals surface area contributed by atoms with Crippen molar-refractivity contribution in [3.05, 3.63) is 30.5 Å². The molecule has 1 aliphatic rings. The molecule has 18 heavy (non-hydrogen) atoms. The van der Waals surface area contributed by atoms with Crippen LogP contribution in [0.25, 0.3) is 10.9 Å².